The maximum Gasteiger partial charge on any atom is 0.251 e. The highest BCUT2D eigenvalue weighted by Crippen LogP contribution is 2.30. The lowest BCUT2D eigenvalue weighted by Gasteiger charge is -2.16. The van der Waals surface area contributed by atoms with Gasteiger partial charge in [-0.2, -0.15) is 0 Å². The average Bonchev–Trinajstić information content (AvgIpc) is 2.71. The Balaban J connectivity index is 2.33. The van der Waals surface area contributed by atoms with E-state index >= 15 is 0 Å². The zero-order chi connectivity index (χ0) is 15.7. The van der Waals surface area contributed by atoms with Crippen molar-refractivity contribution in [2.45, 2.75) is 26.8 Å². The summed E-state index contributed by atoms with van der Waals surface area (Å²) < 4.78 is 27.3. The summed E-state index contributed by atoms with van der Waals surface area (Å²) in [6.45, 7) is 5.86. The molecule has 1 aromatic carbocycles. The Bertz CT molecular complexity index is 697. The molecule has 0 fully saturated rings. The third-order valence-corrected chi connectivity index (χ3v) is 4.22. The molecular formula is C15H16F2N2OS. The maximum atomic E-state index is 13.8. The van der Waals surface area contributed by atoms with Crippen LogP contribution in [-0.2, 0) is 0 Å². The van der Waals surface area contributed by atoms with Crippen LogP contribution in [0.3, 0.4) is 0 Å². The van der Waals surface area contributed by atoms with Crippen molar-refractivity contribution in [2.75, 3.05) is 5.32 Å². The fourth-order valence-corrected chi connectivity index (χ4v) is 3.26. The van der Waals surface area contributed by atoms with E-state index in [1.54, 1.807) is 11.3 Å². The number of rotatable bonds is 4. The van der Waals surface area contributed by atoms with Gasteiger partial charge in [0.25, 0.3) is 5.91 Å². The first-order valence-electron chi connectivity index (χ1n) is 6.42. The van der Waals surface area contributed by atoms with E-state index in [0.29, 0.717) is 6.07 Å². The number of nitrogens with two attached hydrogens (primary N) is 1. The summed E-state index contributed by atoms with van der Waals surface area (Å²) in [5.74, 6) is -2.64. The number of benzene rings is 1. The second kappa shape index (κ2) is 5.81. The van der Waals surface area contributed by atoms with Crippen LogP contribution in [0.1, 0.15) is 38.6 Å². The lowest BCUT2D eigenvalue weighted by Crippen LogP contribution is -2.15. The summed E-state index contributed by atoms with van der Waals surface area (Å²) in [4.78, 5) is 13.4. The van der Waals surface area contributed by atoms with E-state index in [9.17, 15) is 13.6 Å². The predicted molar refractivity (Wildman–Crippen MR) is 80.7 cm³/mol. The molecule has 0 bridgehead atoms. The Labute approximate surface area is 125 Å². The minimum atomic E-state index is -0.958. The minimum absolute atomic E-state index is 0.0564. The van der Waals surface area contributed by atoms with Crippen molar-refractivity contribution in [3.05, 3.63) is 50.7 Å². The molecule has 0 aliphatic rings. The third-order valence-electron chi connectivity index (χ3n) is 3.24. The summed E-state index contributed by atoms with van der Waals surface area (Å²) in [7, 11) is 0. The molecule has 0 aliphatic heterocycles. The normalized spacial score (nSPS) is 12.2. The Morgan fingerprint density at radius 2 is 1.90 bits per heavy atom. The molecular weight excluding hydrogens is 294 g/mol. The number of anilines is 1. The number of halogens is 2. The number of amides is 1. The zero-order valence-electron chi connectivity index (χ0n) is 12.0. The molecule has 21 heavy (non-hydrogen) atoms. The Hall–Kier alpha value is -1.95. The lowest BCUT2D eigenvalue weighted by molar-refractivity contribution is 0.0996. The fraction of sp³-hybridized carbons (Fsp3) is 0.267. The molecule has 1 amide bonds. The zero-order valence-corrected chi connectivity index (χ0v) is 12.8. The summed E-state index contributed by atoms with van der Waals surface area (Å²) in [6.07, 6.45) is 0. The monoisotopic (exact) mass is 310 g/mol. The van der Waals surface area contributed by atoms with Gasteiger partial charge in [-0.1, -0.05) is 0 Å². The van der Waals surface area contributed by atoms with Crippen LogP contribution in [0.15, 0.2) is 18.2 Å². The molecule has 0 saturated carbocycles. The molecule has 0 spiro atoms. The largest absolute Gasteiger partial charge is 0.376 e. The van der Waals surface area contributed by atoms with Gasteiger partial charge in [-0.05, 0) is 38.5 Å². The van der Waals surface area contributed by atoms with Crippen LogP contribution in [0.2, 0.25) is 0 Å². The molecule has 1 atom stereocenters. The number of carbonyl (C=O) groups is 1. The van der Waals surface area contributed by atoms with Gasteiger partial charge in [-0.3, -0.25) is 4.79 Å². The van der Waals surface area contributed by atoms with Gasteiger partial charge < -0.3 is 11.1 Å². The molecule has 0 saturated heterocycles. The minimum Gasteiger partial charge on any atom is -0.376 e. The van der Waals surface area contributed by atoms with E-state index in [1.165, 1.54) is 0 Å². The second-order valence-corrected chi connectivity index (χ2v) is 6.37. The van der Waals surface area contributed by atoms with Crippen LogP contribution >= 0.6 is 11.3 Å². The molecule has 3 N–H and O–H groups in total. The first kappa shape index (κ1) is 15.4. The van der Waals surface area contributed by atoms with Crippen molar-refractivity contribution in [2.24, 2.45) is 5.73 Å². The molecule has 1 heterocycles. The van der Waals surface area contributed by atoms with Crippen molar-refractivity contribution < 1.29 is 13.6 Å². The van der Waals surface area contributed by atoms with Gasteiger partial charge in [0.05, 0.1) is 11.3 Å². The van der Waals surface area contributed by atoms with Crippen LogP contribution < -0.4 is 11.1 Å². The quantitative estimate of drug-likeness (QED) is 0.899. The van der Waals surface area contributed by atoms with Gasteiger partial charge in [0.1, 0.15) is 11.6 Å². The van der Waals surface area contributed by atoms with Crippen molar-refractivity contribution >= 4 is 22.9 Å². The molecule has 2 aromatic rings. The first-order valence-corrected chi connectivity index (χ1v) is 7.23. The number of nitrogens with one attached hydrogen (secondary N) is 1. The Morgan fingerprint density at radius 3 is 2.43 bits per heavy atom. The highest BCUT2D eigenvalue weighted by atomic mass is 32.1. The summed E-state index contributed by atoms with van der Waals surface area (Å²) in [6, 6.07) is 3.63. The SMILES string of the molecule is Cc1cc(C(C)Nc2cc(C(N)=O)c(F)cc2F)c(C)s1. The fourth-order valence-electron chi connectivity index (χ4n) is 2.24. The number of primary amides is 1. The first-order chi connectivity index (χ1) is 9.79. The van der Waals surface area contributed by atoms with E-state index in [2.05, 4.69) is 5.32 Å². The van der Waals surface area contributed by atoms with Crippen molar-refractivity contribution in [1.29, 1.82) is 0 Å². The Morgan fingerprint density at radius 1 is 1.24 bits per heavy atom. The highest BCUT2D eigenvalue weighted by Gasteiger charge is 2.17. The third kappa shape index (κ3) is 3.21. The lowest BCUT2D eigenvalue weighted by atomic mass is 10.1. The van der Waals surface area contributed by atoms with Crippen LogP contribution in [-0.4, -0.2) is 5.91 Å². The molecule has 1 unspecified atom stereocenters. The van der Waals surface area contributed by atoms with E-state index in [4.69, 9.17) is 5.73 Å². The smallest absolute Gasteiger partial charge is 0.251 e. The van der Waals surface area contributed by atoms with E-state index in [0.717, 1.165) is 21.4 Å². The van der Waals surface area contributed by atoms with E-state index < -0.39 is 17.5 Å². The van der Waals surface area contributed by atoms with Crippen molar-refractivity contribution in [3.63, 3.8) is 0 Å². The topological polar surface area (TPSA) is 55.1 Å². The number of carbonyl (C=O) groups excluding carboxylic acids is 1. The van der Waals surface area contributed by atoms with Crippen LogP contribution in [0.25, 0.3) is 0 Å². The number of aryl methyl sites for hydroxylation is 2. The predicted octanol–water partition coefficient (Wildman–Crippen LogP) is 3.92. The summed E-state index contributed by atoms with van der Waals surface area (Å²) >= 11 is 1.65. The van der Waals surface area contributed by atoms with Crippen LogP contribution in [0.5, 0.6) is 0 Å². The summed E-state index contributed by atoms with van der Waals surface area (Å²) in [5.41, 5.74) is 5.85. The standard InChI is InChI=1S/C15H16F2N2OS/c1-7-4-10(9(3)21-7)8(2)19-14-5-11(15(18)20)12(16)6-13(14)17/h4-6,8,19H,1-3H3,(H2,18,20). The highest BCUT2D eigenvalue weighted by molar-refractivity contribution is 7.12. The molecule has 3 nitrogen and oxygen atoms in total. The van der Waals surface area contributed by atoms with Gasteiger partial charge >= 0.3 is 0 Å². The van der Waals surface area contributed by atoms with Crippen LogP contribution in [0.4, 0.5) is 14.5 Å². The van der Waals surface area contributed by atoms with Crippen LogP contribution in [0, 0.1) is 25.5 Å². The van der Waals surface area contributed by atoms with Gasteiger partial charge in [0, 0.05) is 21.9 Å². The second-order valence-electron chi connectivity index (χ2n) is 4.91. The molecule has 0 aliphatic carbocycles. The average molecular weight is 310 g/mol. The van der Waals surface area contributed by atoms with Crippen molar-refractivity contribution in [1.82, 2.24) is 0 Å². The van der Waals surface area contributed by atoms with Crippen molar-refractivity contribution in [3.8, 4) is 0 Å². The molecule has 1 aromatic heterocycles. The van der Waals surface area contributed by atoms with Gasteiger partial charge in [0.2, 0.25) is 0 Å². The van der Waals surface area contributed by atoms with Gasteiger partial charge in [-0.25, -0.2) is 8.78 Å². The summed E-state index contributed by atoms with van der Waals surface area (Å²) in [5, 5.41) is 2.96. The van der Waals surface area contributed by atoms with Gasteiger partial charge in [0.15, 0.2) is 0 Å². The Kier molecular flexibility index (Phi) is 4.27. The molecule has 0 radical (unpaired) electrons. The maximum absolute atomic E-state index is 13.8. The van der Waals surface area contributed by atoms with E-state index in [1.807, 2.05) is 26.8 Å². The molecule has 2 rings (SSSR count). The molecule has 112 valence electrons. The molecule has 6 heteroatoms. The number of hydrogen-bond acceptors (Lipinski definition) is 3. The number of hydrogen-bond donors (Lipinski definition) is 2. The number of thiophene rings is 1. The van der Waals surface area contributed by atoms with E-state index in [-0.39, 0.29) is 17.3 Å². The van der Waals surface area contributed by atoms with Gasteiger partial charge in [-0.15, -0.1) is 11.3 Å².